The number of aliphatic hydroxyl groups excluding tert-OH is 10. The summed E-state index contributed by atoms with van der Waals surface area (Å²) in [6.07, 6.45) is -33.5. The van der Waals surface area contributed by atoms with E-state index in [4.69, 9.17) is 61.6 Å². The van der Waals surface area contributed by atoms with Gasteiger partial charge in [0.15, 0.2) is 54.1 Å². The first-order valence-corrected chi connectivity index (χ1v) is 25.2. The third kappa shape index (κ3) is 14.6. The molecule has 4 aliphatic rings. The molecule has 4 saturated heterocycles. The Labute approximate surface area is 466 Å². The van der Waals surface area contributed by atoms with E-state index in [-0.39, 0.29) is 34.1 Å². The van der Waals surface area contributed by atoms with E-state index in [2.05, 4.69) is 0 Å². The predicted molar refractivity (Wildman–Crippen MR) is 268 cm³/mol. The number of benzene rings is 3. The summed E-state index contributed by atoms with van der Waals surface area (Å²) >= 11 is 0. The van der Waals surface area contributed by atoms with Crippen LogP contribution in [0.2, 0.25) is 0 Å². The Kier molecular flexibility index (Phi) is 21.7. The fraction of sp³-hybridized carbons (Fsp3) is 0.509. The van der Waals surface area contributed by atoms with Crippen LogP contribution in [0.5, 0.6) is 23.0 Å². The number of carbonyl (C=O) groups is 4. The van der Waals surface area contributed by atoms with Gasteiger partial charge in [0.05, 0.1) is 39.6 Å². The number of hydrogen-bond donors (Lipinski definition) is 12. The van der Waals surface area contributed by atoms with Crippen LogP contribution < -0.4 is 9.47 Å². The summed E-state index contributed by atoms with van der Waals surface area (Å²) in [7, 11) is 2.56. The first-order valence-electron chi connectivity index (χ1n) is 25.2. The zero-order valence-corrected chi connectivity index (χ0v) is 43.9. The number of aliphatic hydroxyl groups is 10. The van der Waals surface area contributed by atoms with E-state index in [1.165, 1.54) is 87.0 Å². The van der Waals surface area contributed by atoms with Crippen LogP contribution in [0.25, 0.3) is 12.2 Å². The third-order valence-corrected chi connectivity index (χ3v) is 13.4. The SMILES string of the molecule is COc1cc(/C=C/C(=O)OC[C@@]2(O[C@H]3O[C@H](COC(C)=O)[C@@H](OC(=O)/C=C/c4ccc(O)c(OC)c4)[C@H](O[C@@H]4O[C@@H](CO)[C@@H](O)[C@H](O)[C@H]4O)[C@H]3O[C@H]3O[C@@H](CO)[C@@H](O)[C@H](O)[C@H]3O)O[C@@H](CO)[C@@H](O)[C@@H]2OC(=O)c2ccccc2)ccc1O. The standard InChI is InChI=1S/C53H64O29/c1-24(57)72-22-35-45(77-37(61)16-12-26-10-14-29(59)31(18-26)71-3)46(78-50-43(67)41(65)38(62)32(19-54)74-50)47(79-51-44(68)42(66)39(63)33(20-55)75-51)52(76-35)82-53(23-73-36(60)15-11-25-9-13-28(58)30(17-25)70-2)48(40(64)34(21-56)81-53)80-49(69)27-7-5-4-6-8-27/h4-18,32-35,38-48,50-52,54-56,58-59,62-68H,19-23H2,1-3H3/b15-11+,16-12+/t32-,33-,34-,35+,38+,39+,40+,41-,42-,43+,44+,45+,46-,47+,48-,50-,51+,52+,53-/m0/s1. The molecular formula is C53H64O29. The molecule has 3 aromatic rings. The van der Waals surface area contributed by atoms with Gasteiger partial charge < -0.3 is 123 Å². The van der Waals surface area contributed by atoms with Crippen molar-refractivity contribution in [2.75, 3.05) is 47.3 Å². The number of ether oxygens (including phenoxy) is 13. The van der Waals surface area contributed by atoms with E-state index in [9.17, 15) is 80.5 Å². The lowest BCUT2D eigenvalue weighted by Crippen LogP contribution is -2.69. The highest BCUT2D eigenvalue weighted by Gasteiger charge is 2.64. The molecule has 82 heavy (non-hydrogen) atoms. The van der Waals surface area contributed by atoms with E-state index in [0.717, 1.165) is 19.1 Å². The van der Waals surface area contributed by atoms with E-state index in [0.29, 0.717) is 5.56 Å². The number of phenolic OH excluding ortho intramolecular Hbond substituents is 2. The highest BCUT2D eigenvalue weighted by molar-refractivity contribution is 5.90. The van der Waals surface area contributed by atoms with Crippen molar-refractivity contribution in [1.29, 1.82) is 0 Å². The highest BCUT2D eigenvalue weighted by Crippen LogP contribution is 2.42. The molecule has 0 aromatic heterocycles. The minimum atomic E-state index is -2.93. The third-order valence-electron chi connectivity index (χ3n) is 13.4. The molecule has 0 saturated carbocycles. The maximum Gasteiger partial charge on any atom is 0.338 e. The second kappa shape index (κ2) is 28.2. The van der Waals surface area contributed by atoms with Crippen molar-refractivity contribution in [1.82, 2.24) is 0 Å². The molecular weight excluding hydrogens is 1100 g/mol. The lowest BCUT2D eigenvalue weighted by atomic mass is 9.95. The Morgan fingerprint density at radius 2 is 1.07 bits per heavy atom. The van der Waals surface area contributed by atoms with Crippen LogP contribution in [0, 0.1) is 0 Å². The average molecular weight is 1170 g/mol. The lowest BCUT2D eigenvalue weighted by molar-refractivity contribution is -0.421. The minimum absolute atomic E-state index is 0.00475. The van der Waals surface area contributed by atoms with Gasteiger partial charge in [0.2, 0.25) is 5.79 Å². The van der Waals surface area contributed by atoms with Crippen molar-refractivity contribution in [3.63, 3.8) is 0 Å². The summed E-state index contributed by atoms with van der Waals surface area (Å²) in [5, 5.41) is 130. The van der Waals surface area contributed by atoms with Crippen molar-refractivity contribution in [2.45, 2.75) is 123 Å². The Hall–Kier alpha value is -6.46. The maximum absolute atomic E-state index is 14.1. The quantitative estimate of drug-likeness (QED) is 0.0266. The molecule has 450 valence electrons. The highest BCUT2D eigenvalue weighted by atomic mass is 16.8. The summed E-state index contributed by atoms with van der Waals surface area (Å²) in [4.78, 5) is 54.4. The predicted octanol–water partition coefficient (Wildman–Crippen LogP) is -3.35. The lowest BCUT2D eigenvalue weighted by Gasteiger charge is -2.50. The van der Waals surface area contributed by atoms with E-state index >= 15 is 0 Å². The van der Waals surface area contributed by atoms with Gasteiger partial charge in [-0.2, -0.15) is 0 Å². The number of aromatic hydroxyl groups is 2. The van der Waals surface area contributed by atoms with Crippen LogP contribution in [0.1, 0.15) is 28.4 Å². The fourth-order valence-corrected chi connectivity index (χ4v) is 9.09. The molecule has 12 N–H and O–H groups in total. The number of phenols is 2. The Morgan fingerprint density at radius 3 is 1.59 bits per heavy atom. The Bertz CT molecular complexity index is 2690. The largest absolute Gasteiger partial charge is 0.504 e. The van der Waals surface area contributed by atoms with Crippen molar-refractivity contribution < 1.29 is 142 Å². The molecule has 4 fully saturated rings. The van der Waals surface area contributed by atoms with Gasteiger partial charge in [-0.05, 0) is 59.7 Å². The summed E-state index contributed by atoms with van der Waals surface area (Å²) in [6, 6.07) is 15.2. The van der Waals surface area contributed by atoms with Gasteiger partial charge in [-0.1, -0.05) is 30.3 Å². The zero-order valence-electron chi connectivity index (χ0n) is 43.9. The van der Waals surface area contributed by atoms with Gasteiger partial charge in [0, 0.05) is 19.1 Å². The van der Waals surface area contributed by atoms with Gasteiger partial charge in [-0.15, -0.1) is 0 Å². The molecule has 4 aliphatic heterocycles. The van der Waals surface area contributed by atoms with Gasteiger partial charge in [0.25, 0.3) is 0 Å². The summed E-state index contributed by atoms with van der Waals surface area (Å²) in [6.45, 7) is -4.28. The number of carbonyl (C=O) groups excluding carboxylic acids is 4. The molecule has 4 heterocycles. The summed E-state index contributed by atoms with van der Waals surface area (Å²) in [5.74, 6) is -7.94. The zero-order chi connectivity index (χ0) is 59.6. The molecule has 29 nitrogen and oxygen atoms in total. The smallest absolute Gasteiger partial charge is 0.338 e. The van der Waals surface area contributed by atoms with Crippen LogP contribution in [0.4, 0.5) is 0 Å². The van der Waals surface area contributed by atoms with Crippen LogP contribution in [-0.2, 0) is 66.5 Å². The molecule has 3 aromatic carbocycles. The van der Waals surface area contributed by atoms with Crippen LogP contribution >= 0.6 is 0 Å². The normalized spacial score (nSPS) is 33.9. The monoisotopic (exact) mass is 1160 g/mol. The molecule has 0 amide bonds. The first kappa shape index (κ1) is 63.1. The van der Waals surface area contributed by atoms with Crippen molar-refractivity contribution in [3.8, 4) is 23.0 Å². The van der Waals surface area contributed by atoms with Gasteiger partial charge in [-0.3, -0.25) is 4.79 Å². The van der Waals surface area contributed by atoms with Crippen LogP contribution in [-0.4, -0.2) is 249 Å². The number of hydrogen-bond acceptors (Lipinski definition) is 29. The minimum Gasteiger partial charge on any atom is -0.504 e. The van der Waals surface area contributed by atoms with Gasteiger partial charge in [0.1, 0.15) is 92.6 Å². The van der Waals surface area contributed by atoms with Gasteiger partial charge in [-0.25, -0.2) is 14.4 Å². The molecule has 29 heteroatoms. The Morgan fingerprint density at radius 1 is 0.561 bits per heavy atom. The fourth-order valence-electron chi connectivity index (χ4n) is 9.09. The van der Waals surface area contributed by atoms with Crippen molar-refractivity contribution >= 4 is 36.0 Å². The van der Waals surface area contributed by atoms with E-state index in [1.54, 1.807) is 6.07 Å². The Balaban J connectivity index is 1.39. The molecule has 7 rings (SSSR count). The number of rotatable bonds is 22. The van der Waals surface area contributed by atoms with Crippen molar-refractivity contribution in [2.24, 2.45) is 0 Å². The average Bonchev–Trinajstić information content (AvgIpc) is 3.55. The number of esters is 4. The van der Waals surface area contributed by atoms with Crippen molar-refractivity contribution in [3.05, 3.63) is 95.6 Å². The van der Waals surface area contributed by atoms with Crippen LogP contribution in [0.3, 0.4) is 0 Å². The topological polar surface area (TPSA) is 431 Å². The summed E-state index contributed by atoms with van der Waals surface area (Å²) in [5.41, 5.74) is 0.453. The van der Waals surface area contributed by atoms with Crippen LogP contribution in [0.15, 0.2) is 78.9 Å². The second-order valence-electron chi connectivity index (χ2n) is 18.9. The summed E-state index contributed by atoms with van der Waals surface area (Å²) < 4.78 is 76.3. The first-order chi connectivity index (χ1) is 39.1. The molecule has 0 unspecified atom stereocenters. The maximum atomic E-state index is 14.1. The molecule has 0 aliphatic carbocycles. The molecule has 19 atom stereocenters. The molecule has 0 spiro atoms. The van der Waals surface area contributed by atoms with E-state index in [1.807, 2.05) is 0 Å². The van der Waals surface area contributed by atoms with E-state index < -0.39 is 173 Å². The number of methoxy groups -OCH3 is 2. The van der Waals surface area contributed by atoms with Gasteiger partial charge >= 0.3 is 23.9 Å². The molecule has 0 radical (unpaired) electrons. The molecule has 0 bridgehead atoms. The second-order valence-corrected chi connectivity index (χ2v) is 18.9.